The van der Waals surface area contributed by atoms with Crippen LogP contribution in [0, 0.1) is 13.8 Å². The molecule has 0 unspecified atom stereocenters. The molecule has 142 valence electrons. The van der Waals surface area contributed by atoms with Gasteiger partial charge in [0.25, 0.3) is 5.78 Å². The highest BCUT2D eigenvalue weighted by molar-refractivity contribution is 7.98. The van der Waals surface area contributed by atoms with Gasteiger partial charge in [-0.25, -0.2) is 9.50 Å². The average Bonchev–Trinajstić information content (AvgIpc) is 3.09. The van der Waals surface area contributed by atoms with Crippen molar-refractivity contribution in [2.45, 2.75) is 45.2 Å². The van der Waals surface area contributed by atoms with Crippen molar-refractivity contribution in [1.82, 2.24) is 19.6 Å². The van der Waals surface area contributed by atoms with Crippen molar-refractivity contribution in [3.8, 4) is 0 Å². The Labute approximate surface area is 164 Å². The van der Waals surface area contributed by atoms with E-state index >= 15 is 0 Å². The molecule has 0 aliphatic heterocycles. The molecule has 1 amide bonds. The molecule has 2 aromatic heterocycles. The van der Waals surface area contributed by atoms with Crippen LogP contribution in [0.3, 0.4) is 0 Å². The third-order valence-electron chi connectivity index (χ3n) is 4.64. The van der Waals surface area contributed by atoms with Crippen molar-refractivity contribution in [2.24, 2.45) is 0 Å². The summed E-state index contributed by atoms with van der Waals surface area (Å²) in [5, 5.41) is 5.16. The summed E-state index contributed by atoms with van der Waals surface area (Å²) in [6.07, 6.45) is 4.25. The molecule has 0 atom stereocenters. The number of thioether (sulfide) groups is 1. The predicted molar refractivity (Wildman–Crippen MR) is 109 cm³/mol. The van der Waals surface area contributed by atoms with Crippen LogP contribution in [0.4, 0.5) is 5.69 Å². The van der Waals surface area contributed by atoms with Crippen LogP contribution in [-0.4, -0.2) is 38.3 Å². The SMILES string of the molecule is CCCCN(C(=O)Cc1c(C)nc2nc(SC)nn2c1C)c1ccccc1. The minimum absolute atomic E-state index is 0.0761. The number of carbonyl (C=O) groups excluding carboxylic acids is 1. The largest absolute Gasteiger partial charge is 0.312 e. The van der Waals surface area contributed by atoms with E-state index in [1.807, 2.05) is 55.3 Å². The topological polar surface area (TPSA) is 63.4 Å². The molecule has 27 heavy (non-hydrogen) atoms. The molecule has 0 spiro atoms. The molecular formula is C20H25N5OS. The van der Waals surface area contributed by atoms with Gasteiger partial charge in [-0.15, -0.1) is 5.10 Å². The van der Waals surface area contributed by atoms with E-state index in [0.29, 0.717) is 23.9 Å². The molecule has 2 heterocycles. The van der Waals surface area contributed by atoms with Gasteiger partial charge in [0.15, 0.2) is 0 Å². The van der Waals surface area contributed by atoms with Gasteiger partial charge in [-0.2, -0.15) is 4.98 Å². The van der Waals surface area contributed by atoms with E-state index in [4.69, 9.17) is 0 Å². The van der Waals surface area contributed by atoms with Gasteiger partial charge in [-0.05, 0) is 38.7 Å². The smallest absolute Gasteiger partial charge is 0.253 e. The second kappa shape index (κ2) is 8.52. The number of hydrogen-bond donors (Lipinski definition) is 0. The van der Waals surface area contributed by atoms with Gasteiger partial charge in [0.2, 0.25) is 11.1 Å². The Bertz CT molecular complexity index is 938. The summed E-state index contributed by atoms with van der Waals surface area (Å²) in [5.41, 5.74) is 3.60. The molecule has 0 saturated carbocycles. The van der Waals surface area contributed by atoms with E-state index in [0.717, 1.165) is 35.5 Å². The average molecular weight is 384 g/mol. The number of amides is 1. The summed E-state index contributed by atoms with van der Waals surface area (Å²) in [4.78, 5) is 24.0. The fraction of sp³-hybridized carbons (Fsp3) is 0.400. The lowest BCUT2D eigenvalue weighted by atomic mass is 10.1. The van der Waals surface area contributed by atoms with E-state index < -0.39 is 0 Å². The number of rotatable bonds is 7. The number of carbonyl (C=O) groups is 1. The number of hydrogen-bond acceptors (Lipinski definition) is 5. The second-order valence-corrected chi connectivity index (χ2v) is 7.26. The van der Waals surface area contributed by atoms with Gasteiger partial charge in [-0.1, -0.05) is 43.3 Å². The third kappa shape index (κ3) is 4.13. The van der Waals surface area contributed by atoms with Gasteiger partial charge < -0.3 is 4.90 Å². The van der Waals surface area contributed by atoms with Gasteiger partial charge >= 0.3 is 0 Å². The monoisotopic (exact) mass is 383 g/mol. The lowest BCUT2D eigenvalue weighted by Gasteiger charge is -2.23. The van der Waals surface area contributed by atoms with Gasteiger partial charge in [0, 0.05) is 29.2 Å². The molecule has 1 aromatic carbocycles. The molecule has 7 heteroatoms. The summed E-state index contributed by atoms with van der Waals surface area (Å²) < 4.78 is 1.74. The van der Waals surface area contributed by atoms with E-state index in [9.17, 15) is 4.79 Å². The molecule has 3 aromatic rings. The molecule has 0 radical (unpaired) electrons. The molecule has 6 nitrogen and oxygen atoms in total. The summed E-state index contributed by atoms with van der Waals surface area (Å²) in [5.74, 6) is 0.656. The molecule has 0 saturated heterocycles. The Morgan fingerprint density at radius 1 is 1.19 bits per heavy atom. The van der Waals surface area contributed by atoms with E-state index in [2.05, 4.69) is 22.0 Å². The summed E-state index contributed by atoms with van der Waals surface area (Å²) in [7, 11) is 0. The highest BCUT2D eigenvalue weighted by atomic mass is 32.2. The van der Waals surface area contributed by atoms with E-state index in [-0.39, 0.29) is 5.91 Å². The first-order chi connectivity index (χ1) is 13.0. The molecule has 0 fully saturated rings. The maximum Gasteiger partial charge on any atom is 0.253 e. The zero-order chi connectivity index (χ0) is 19.4. The van der Waals surface area contributed by atoms with Crippen molar-refractivity contribution < 1.29 is 4.79 Å². The molecule has 0 aliphatic rings. The molecule has 0 aliphatic carbocycles. The fourth-order valence-corrected chi connectivity index (χ4v) is 3.44. The Hall–Kier alpha value is -2.41. The van der Waals surface area contributed by atoms with Crippen molar-refractivity contribution in [3.63, 3.8) is 0 Å². The van der Waals surface area contributed by atoms with Gasteiger partial charge in [-0.3, -0.25) is 4.79 Å². The zero-order valence-electron chi connectivity index (χ0n) is 16.3. The van der Waals surface area contributed by atoms with Crippen LogP contribution in [0.1, 0.15) is 36.7 Å². The van der Waals surface area contributed by atoms with Crippen LogP contribution in [0.25, 0.3) is 5.78 Å². The van der Waals surface area contributed by atoms with Crippen LogP contribution in [-0.2, 0) is 11.2 Å². The van der Waals surface area contributed by atoms with Crippen molar-refractivity contribution in [3.05, 3.63) is 47.3 Å². The van der Waals surface area contributed by atoms with Crippen LogP contribution in [0.15, 0.2) is 35.5 Å². The van der Waals surface area contributed by atoms with Crippen LogP contribution < -0.4 is 4.90 Å². The van der Waals surface area contributed by atoms with Crippen molar-refractivity contribution in [1.29, 1.82) is 0 Å². The summed E-state index contributed by atoms with van der Waals surface area (Å²) in [6.45, 7) is 6.75. The maximum atomic E-state index is 13.2. The first-order valence-electron chi connectivity index (χ1n) is 9.17. The molecule has 0 bridgehead atoms. The summed E-state index contributed by atoms with van der Waals surface area (Å²) >= 11 is 1.48. The number of aromatic nitrogens is 4. The number of anilines is 1. The number of para-hydroxylation sites is 1. The van der Waals surface area contributed by atoms with E-state index in [1.54, 1.807) is 4.52 Å². The number of benzene rings is 1. The Kier molecular flexibility index (Phi) is 6.11. The van der Waals surface area contributed by atoms with Crippen molar-refractivity contribution in [2.75, 3.05) is 17.7 Å². The minimum atomic E-state index is 0.0761. The quantitative estimate of drug-likeness (QED) is 0.580. The van der Waals surface area contributed by atoms with Crippen LogP contribution in [0.5, 0.6) is 0 Å². The van der Waals surface area contributed by atoms with E-state index in [1.165, 1.54) is 11.8 Å². The van der Waals surface area contributed by atoms with Crippen LogP contribution >= 0.6 is 11.8 Å². The minimum Gasteiger partial charge on any atom is -0.312 e. The Morgan fingerprint density at radius 2 is 1.93 bits per heavy atom. The van der Waals surface area contributed by atoms with Crippen molar-refractivity contribution >= 4 is 29.1 Å². The lowest BCUT2D eigenvalue weighted by molar-refractivity contribution is -0.118. The maximum absolute atomic E-state index is 13.2. The molecular weight excluding hydrogens is 358 g/mol. The number of unbranched alkanes of at least 4 members (excludes halogenated alkanes) is 1. The molecule has 3 rings (SSSR count). The number of aryl methyl sites for hydroxylation is 2. The second-order valence-electron chi connectivity index (χ2n) is 6.48. The number of fused-ring (bicyclic) bond motifs is 1. The first-order valence-corrected chi connectivity index (χ1v) is 10.4. The highest BCUT2D eigenvalue weighted by Gasteiger charge is 2.20. The van der Waals surface area contributed by atoms with Gasteiger partial charge in [0.1, 0.15) is 0 Å². The summed E-state index contributed by atoms with van der Waals surface area (Å²) in [6, 6.07) is 9.86. The Balaban J connectivity index is 1.93. The zero-order valence-corrected chi connectivity index (χ0v) is 17.1. The van der Waals surface area contributed by atoms with Crippen LogP contribution in [0.2, 0.25) is 0 Å². The first kappa shape index (κ1) is 19.4. The number of nitrogens with zero attached hydrogens (tertiary/aromatic N) is 5. The third-order valence-corrected chi connectivity index (χ3v) is 5.18. The molecule has 0 N–H and O–H groups in total. The van der Waals surface area contributed by atoms with Gasteiger partial charge in [0.05, 0.1) is 6.42 Å². The highest BCUT2D eigenvalue weighted by Crippen LogP contribution is 2.20. The fourth-order valence-electron chi connectivity index (χ4n) is 3.10. The Morgan fingerprint density at radius 3 is 2.59 bits per heavy atom. The lowest BCUT2D eigenvalue weighted by Crippen LogP contribution is -2.33. The normalized spacial score (nSPS) is 11.1. The standard InChI is InChI=1S/C20H25N5OS/c1-5-6-12-24(16-10-8-7-9-11-16)18(26)13-17-14(2)21-19-22-20(27-4)23-25(19)15(17)3/h7-11H,5-6,12-13H2,1-4H3. The predicted octanol–water partition coefficient (Wildman–Crippen LogP) is 3.84.